The predicted molar refractivity (Wildman–Crippen MR) is 114 cm³/mol. The topological polar surface area (TPSA) is 101 Å². The van der Waals surface area contributed by atoms with Crippen molar-refractivity contribution >= 4 is 49.8 Å². The third-order valence-electron chi connectivity index (χ3n) is 3.63. The van der Waals surface area contributed by atoms with Gasteiger partial charge in [-0.1, -0.05) is 43.0 Å². The second-order valence-electron chi connectivity index (χ2n) is 6.44. The lowest BCUT2D eigenvalue weighted by atomic mass is 10.2. The molecule has 0 aliphatic carbocycles. The molecular formula is C17H24N4O4S3. The summed E-state index contributed by atoms with van der Waals surface area (Å²) in [7, 11) is -2.31. The van der Waals surface area contributed by atoms with Gasteiger partial charge in [0.05, 0.1) is 19.1 Å². The molecule has 2 aromatic rings. The summed E-state index contributed by atoms with van der Waals surface area (Å²) in [6.07, 6.45) is 1.06. The van der Waals surface area contributed by atoms with Crippen molar-refractivity contribution in [1.82, 2.24) is 10.2 Å². The predicted octanol–water partition coefficient (Wildman–Crippen LogP) is 3.15. The molecule has 0 radical (unpaired) electrons. The van der Waals surface area contributed by atoms with Crippen LogP contribution in [0.1, 0.15) is 26.3 Å². The molecule has 1 N–H and O–H groups in total. The maximum absolute atomic E-state index is 12.8. The van der Waals surface area contributed by atoms with Crippen molar-refractivity contribution < 1.29 is 17.9 Å². The second kappa shape index (κ2) is 9.10. The molecule has 1 amide bonds. The Labute approximate surface area is 173 Å². The lowest BCUT2D eigenvalue weighted by Crippen LogP contribution is -2.45. The fourth-order valence-electron chi connectivity index (χ4n) is 2.47. The van der Waals surface area contributed by atoms with Gasteiger partial charge in [0.25, 0.3) is 0 Å². The van der Waals surface area contributed by atoms with Crippen molar-refractivity contribution in [3.05, 3.63) is 23.8 Å². The van der Waals surface area contributed by atoms with Gasteiger partial charge in [0, 0.05) is 5.25 Å². The first kappa shape index (κ1) is 22.4. The molecule has 1 aromatic heterocycles. The number of hydrogen-bond acceptors (Lipinski definition) is 8. The SMILES string of the molecule is COc1ccc(C)cc1N([C@H](C)C(=O)Nc1nnc(SC(C)C)s1)S(C)(=O)=O. The minimum atomic E-state index is -3.76. The largest absolute Gasteiger partial charge is 0.495 e. The van der Waals surface area contributed by atoms with Gasteiger partial charge in [0.15, 0.2) is 4.34 Å². The van der Waals surface area contributed by atoms with E-state index in [1.54, 1.807) is 12.1 Å². The Morgan fingerprint density at radius 3 is 2.54 bits per heavy atom. The third-order valence-corrected chi connectivity index (χ3v) is 6.79. The fraction of sp³-hybridized carbons (Fsp3) is 0.471. The smallest absolute Gasteiger partial charge is 0.249 e. The number of carbonyl (C=O) groups excluding carboxylic acids is 1. The Kier molecular flexibility index (Phi) is 7.29. The molecule has 0 aliphatic heterocycles. The number of sulfonamides is 1. The Morgan fingerprint density at radius 2 is 1.96 bits per heavy atom. The number of aromatic nitrogens is 2. The van der Waals surface area contributed by atoms with Crippen LogP contribution in [0.4, 0.5) is 10.8 Å². The number of carbonyl (C=O) groups is 1. The molecule has 0 spiro atoms. The van der Waals surface area contributed by atoms with Crippen molar-refractivity contribution in [2.45, 2.75) is 43.3 Å². The highest BCUT2D eigenvalue weighted by Gasteiger charge is 2.32. The maximum atomic E-state index is 12.8. The van der Waals surface area contributed by atoms with E-state index in [1.165, 1.54) is 37.1 Å². The normalized spacial score (nSPS) is 12.7. The van der Waals surface area contributed by atoms with Gasteiger partial charge < -0.3 is 4.74 Å². The van der Waals surface area contributed by atoms with E-state index in [-0.39, 0.29) is 0 Å². The van der Waals surface area contributed by atoms with Crippen LogP contribution in [0.2, 0.25) is 0 Å². The number of anilines is 2. The molecule has 0 unspecified atom stereocenters. The number of methoxy groups -OCH3 is 1. The van der Waals surface area contributed by atoms with E-state index in [2.05, 4.69) is 15.5 Å². The minimum Gasteiger partial charge on any atom is -0.495 e. The molecule has 0 bridgehead atoms. The molecule has 8 nitrogen and oxygen atoms in total. The van der Waals surface area contributed by atoms with Crippen molar-refractivity contribution in [1.29, 1.82) is 0 Å². The number of rotatable bonds is 8. The lowest BCUT2D eigenvalue weighted by Gasteiger charge is -2.29. The van der Waals surface area contributed by atoms with Crippen LogP contribution in [-0.2, 0) is 14.8 Å². The van der Waals surface area contributed by atoms with E-state index in [0.717, 1.165) is 20.5 Å². The van der Waals surface area contributed by atoms with Crippen LogP contribution in [0.25, 0.3) is 0 Å². The molecule has 1 aromatic carbocycles. The number of thioether (sulfide) groups is 1. The Bertz CT molecular complexity index is 944. The number of nitrogens with zero attached hydrogens (tertiary/aromatic N) is 3. The van der Waals surface area contributed by atoms with Gasteiger partial charge in [-0.15, -0.1) is 10.2 Å². The molecular weight excluding hydrogens is 420 g/mol. The summed E-state index contributed by atoms with van der Waals surface area (Å²) in [5.41, 5.74) is 1.15. The summed E-state index contributed by atoms with van der Waals surface area (Å²) < 4.78 is 32.1. The summed E-state index contributed by atoms with van der Waals surface area (Å²) in [5, 5.41) is 11.3. The van der Waals surface area contributed by atoms with Crippen molar-refractivity contribution in [2.75, 3.05) is 23.0 Å². The van der Waals surface area contributed by atoms with E-state index in [1.807, 2.05) is 26.8 Å². The van der Waals surface area contributed by atoms with Crippen LogP contribution in [0.3, 0.4) is 0 Å². The van der Waals surface area contributed by atoms with Crippen LogP contribution in [0.15, 0.2) is 22.5 Å². The molecule has 2 rings (SSSR count). The van der Waals surface area contributed by atoms with Gasteiger partial charge in [-0.3, -0.25) is 14.4 Å². The van der Waals surface area contributed by atoms with Gasteiger partial charge >= 0.3 is 0 Å². The van der Waals surface area contributed by atoms with Gasteiger partial charge in [-0.2, -0.15) is 0 Å². The van der Waals surface area contributed by atoms with Gasteiger partial charge in [0.2, 0.25) is 21.1 Å². The zero-order valence-electron chi connectivity index (χ0n) is 16.6. The Morgan fingerprint density at radius 1 is 1.29 bits per heavy atom. The minimum absolute atomic E-state index is 0.306. The fourth-order valence-corrected chi connectivity index (χ4v) is 5.62. The van der Waals surface area contributed by atoms with Gasteiger partial charge in [-0.25, -0.2) is 8.42 Å². The van der Waals surface area contributed by atoms with E-state index in [0.29, 0.717) is 21.8 Å². The van der Waals surface area contributed by atoms with Crippen molar-refractivity contribution in [2.24, 2.45) is 0 Å². The van der Waals surface area contributed by atoms with Crippen LogP contribution in [-0.4, -0.2) is 49.2 Å². The number of benzene rings is 1. The third kappa shape index (κ3) is 5.58. The zero-order chi connectivity index (χ0) is 21.1. The molecule has 0 fully saturated rings. The van der Waals surface area contributed by atoms with Crippen LogP contribution >= 0.6 is 23.1 Å². The summed E-state index contributed by atoms with van der Waals surface area (Å²) in [6.45, 7) is 7.42. The maximum Gasteiger partial charge on any atom is 0.249 e. The summed E-state index contributed by atoms with van der Waals surface area (Å²) in [4.78, 5) is 12.8. The first-order chi connectivity index (χ1) is 13.0. The summed E-state index contributed by atoms with van der Waals surface area (Å²) in [5.74, 6) is -0.145. The average molecular weight is 445 g/mol. The molecule has 0 saturated heterocycles. The Hall–Kier alpha value is -1.85. The molecule has 11 heteroatoms. The summed E-state index contributed by atoms with van der Waals surface area (Å²) in [6, 6.07) is 4.14. The highest BCUT2D eigenvalue weighted by atomic mass is 32.2. The number of hydrogen-bond donors (Lipinski definition) is 1. The van der Waals surface area contributed by atoms with E-state index in [9.17, 15) is 13.2 Å². The summed E-state index contributed by atoms with van der Waals surface area (Å²) >= 11 is 2.79. The number of amides is 1. The first-order valence-corrected chi connectivity index (χ1v) is 12.0. The number of aryl methyl sites for hydroxylation is 1. The quantitative estimate of drug-likeness (QED) is 0.493. The van der Waals surface area contributed by atoms with Crippen LogP contribution in [0.5, 0.6) is 5.75 Å². The highest BCUT2D eigenvalue weighted by molar-refractivity contribution is 8.01. The molecule has 154 valence electrons. The molecule has 0 aliphatic rings. The van der Waals surface area contributed by atoms with Crippen molar-refractivity contribution in [3.8, 4) is 5.75 Å². The number of nitrogens with one attached hydrogen (secondary N) is 1. The first-order valence-electron chi connectivity index (χ1n) is 8.48. The van der Waals surface area contributed by atoms with E-state index >= 15 is 0 Å². The molecule has 1 atom stereocenters. The standard InChI is InChI=1S/C17H24N4O4S3/c1-10(2)26-17-20-19-16(27-17)18-15(22)12(4)21(28(6,23)24)13-9-11(3)7-8-14(13)25-5/h7-10,12H,1-6H3,(H,18,19,22)/t12-/m1/s1. The monoisotopic (exact) mass is 444 g/mol. The van der Waals surface area contributed by atoms with Gasteiger partial charge in [0.1, 0.15) is 11.8 Å². The van der Waals surface area contributed by atoms with E-state index < -0.39 is 22.0 Å². The second-order valence-corrected chi connectivity index (χ2v) is 11.1. The van der Waals surface area contributed by atoms with Crippen molar-refractivity contribution in [3.63, 3.8) is 0 Å². The Balaban J connectivity index is 2.31. The molecule has 28 heavy (non-hydrogen) atoms. The van der Waals surface area contributed by atoms with Crippen LogP contribution in [0, 0.1) is 6.92 Å². The average Bonchev–Trinajstić information content (AvgIpc) is 3.00. The van der Waals surface area contributed by atoms with E-state index in [4.69, 9.17) is 4.74 Å². The highest BCUT2D eigenvalue weighted by Crippen LogP contribution is 2.33. The lowest BCUT2D eigenvalue weighted by molar-refractivity contribution is -0.116. The molecule has 0 saturated carbocycles. The number of ether oxygens (including phenoxy) is 1. The zero-order valence-corrected chi connectivity index (χ0v) is 19.0. The van der Waals surface area contributed by atoms with Crippen LogP contribution < -0.4 is 14.4 Å². The van der Waals surface area contributed by atoms with Gasteiger partial charge in [-0.05, 0) is 31.5 Å². The molecule has 1 heterocycles.